The molecular formula is C19H24BrN. The van der Waals surface area contributed by atoms with Crippen LogP contribution in [0.1, 0.15) is 56.6 Å². The van der Waals surface area contributed by atoms with Crippen LogP contribution in [0.15, 0.2) is 40.9 Å². The maximum Gasteiger partial charge on any atom is 0.0303 e. The van der Waals surface area contributed by atoms with E-state index in [1.807, 2.05) is 0 Å². The van der Waals surface area contributed by atoms with Gasteiger partial charge in [-0.15, -0.1) is 0 Å². The predicted molar refractivity (Wildman–Crippen MR) is 94.4 cm³/mol. The third-order valence-electron chi connectivity index (χ3n) is 4.87. The minimum Gasteiger partial charge on any atom is -0.324 e. The molecule has 1 atom stereocenters. The van der Waals surface area contributed by atoms with Crippen molar-refractivity contribution in [2.24, 2.45) is 11.7 Å². The summed E-state index contributed by atoms with van der Waals surface area (Å²) < 4.78 is 1.16. The van der Waals surface area contributed by atoms with Crippen molar-refractivity contribution in [2.45, 2.75) is 51.0 Å². The van der Waals surface area contributed by atoms with Gasteiger partial charge in [0.05, 0.1) is 0 Å². The first-order valence-electron chi connectivity index (χ1n) is 8.18. The van der Waals surface area contributed by atoms with Crippen LogP contribution >= 0.6 is 15.9 Å². The smallest absolute Gasteiger partial charge is 0.0303 e. The lowest BCUT2D eigenvalue weighted by atomic mass is 9.88. The highest BCUT2D eigenvalue weighted by Gasteiger charge is 2.18. The molecule has 1 saturated carbocycles. The zero-order chi connectivity index (χ0) is 14.7. The molecule has 0 heterocycles. The van der Waals surface area contributed by atoms with Crippen LogP contribution in [0.5, 0.6) is 0 Å². The van der Waals surface area contributed by atoms with Crippen LogP contribution in [-0.4, -0.2) is 0 Å². The van der Waals surface area contributed by atoms with Crippen molar-refractivity contribution in [2.75, 3.05) is 0 Å². The number of hydrogen-bond donors (Lipinski definition) is 1. The molecule has 1 fully saturated rings. The number of rotatable bonds is 3. The van der Waals surface area contributed by atoms with E-state index in [4.69, 9.17) is 5.73 Å². The Labute approximate surface area is 136 Å². The highest BCUT2D eigenvalue weighted by molar-refractivity contribution is 9.10. The third-order valence-corrected chi connectivity index (χ3v) is 5.56. The van der Waals surface area contributed by atoms with Crippen molar-refractivity contribution in [1.29, 1.82) is 0 Å². The summed E-state index contributed by atoms with van der Waals surface area (Å²) in [5.41, 5.74) is 7.88. The van der Waals surface area contributed by atoms with Crippen molar-refractivity contribution in [1.82, 2.24) is 0 Å². The molecule has 21 heavy (non-hydrogen) atoms. The number of halogens is 1. The second kappa shape index (κ2) is 6.93. The van der Waals surface area contributed by atoms with Crippen molar-refractivity contribution < 1.29 is 0 Å². The van der Waals surface area contributed by atoms with Crippen molar-refractivity contribution in [3.05, 3.63) is 46.4 Å². The van der Waals surface area contributed by atoms with E-state index in [1.165, 1.54) is 54.9 Å². The number of nitrogens with two attached hydrogens (primary N) is 1. The van der Waals surface area contributed by atoms with Gasteiger partial charge in [0.1, 0.15) is 0 Å². The fraction of sp³-hybridized carbons (Fsp3) is 0.474. The molecule has 0 radical (unpaired) electrons. The first kappa shape index (κ1) is 15.1. The van der Waals surface area contributed by atoms with Gasteiger partial charge in [0.15, 0.2) is 0 Å². The fourth-order valence-electron chi connectivity index (χ4n) is 3.69. The third kappa shape index (κ3) is 3.49. The Morgan fingerprint density at radius 2 is 1.62 bits per heavy atom. The first-order chi connectivity index (χ1) is 10.3. The molecule has 0 amide bonds. The second-order valence-corrected chi connectivity index (χ2v) is 7.24. The van der Waals surface area contributed by atoms with Gasteiger partial charge in [-0.05, 0) is 34.7 Å². The number of fused-ring (bicyclic) bond motifs is 1. The Kier molecular flexibility index (Phi) is 4.97. The van der Waals surface area contributed by atoms with Gasteiger partial charge in [0, 0.05) is 10.5 Å². The highest BCUT2D eigenvalue weighted by Crippen LogP contribution is 2.34. The molecule has 3 rings (SSSR count). The van der Waals surface area contributed by atoms with E-state index in [0.717, 1.165) is 16.8 Å². The maximum atomic E-state index is 6.58. The van der Waals surface area contributed by atoms with Crippen molar-refractivity contribution >= 4 is 26.7 Å². The van der Waals surface area contributed by atoms with E-state index >= 15 is 0 Å². The SMILES string of the molecule is NC(CC1CCCCCC1)c1ccc(Br)c2ccccc12. The zero-order valence-electron chi connectivity index (χ0n) is 12.5. The van der Waals surface area contributed by atoms with E-state index in [-0.39, 0.29) is 6.04 Å². The van der Waals surface area contributed by atoms with Crippen LogP contribution < -0.4 is 5.73 Å². The average molecular weight is 346 g/mol. The molecule has 0 aliphatic heterocycles. The summed E-state index contributed by atoms with van der Waals surface area (Å²) in [7, 11) is 0. The van der Waals surface area contributed by atoms with Gasteiger partial charge >= 0.3 is 0 Å². The Hall–Kier alpha value is -0.860. The van der Waals surface area contributed by atoms with Gasteiger partial charge in [-0.3, -0.25) is 0 Å². The second-order valence-electron chi connectivity index (χ2n) is 6.38. The lowest BCUT2D eigenvalue weighted by molar-refractivity contribution is 0.394. The van der Waals surface area contributed by atoms with E-state index in [1.54, 1.807) is 0 Å². The molecule has 0 spiro atoms. The normalized spacial score (nSPS) is 18.6. The van der Waals surface area contributed by atoms with Crippen LogP contribution in [-0.2, 0) is 0 Å². The number of hydrogen-bond acceptors (Lipinski definition) is 1. The molecular weight excluding hydrogens is 322 g/mol. The minimum absolute atomic E-state index is 0.158. The monoisotopic (exact) mass is 345 g/mol. The van der Waals surface area contributed by atoms with Crippen LogP contribution in [0.2, 0.25) is 0 Å². The molecule has 0 bridgehead atoms. The molecule has 112 valence electrons. The summed E-state index contributed by atoms with van der Waals surface area (Å²) in [4.78, 5) is 0. The van der Waals surface area contributed by atoms with E-state index < -0.39 is 0 Å². The van der Waals surface area contributed by atoms with Gasteiger partial charge in [0.25, 0.3) is 0 Å². The Morgan fingerprint density at radius 1 is 0.952 bits per heavy atom. The number of benzene rings is 2. The fourth-order valence-corrected chi connectivity index (χ4v) is 4.17. The maximum absolute atomic E-state index is 6.58. The van der Waals surface area contributed by atoms with E-state index in [0.29, 0.717) is 0 Å². The lowest BCUT2D eigenvalue weighted by Crippen LogP contribution is -2.15. The van der Waals surface area contributed by atoms with Gasteiger partial charge in [-0.1, -0.05) is 84.8 Å². The molecule has 1 aliphatic rings. The van der Waals surface area contributed by atoms with Gasteiger partial charge in [-0.2, -0.15) is 0 Å². The summed E-state index contributed by atoms with van der Waals surface area (Å²) >= 11 is 3.65. The minimum atomic E-state index is 0.158. The molecule has 1 unspecified atom stereocenters. The van der Waals surface area contributed by atoms with Crippen LogP contribution in [0.25, 0.3) is 10.8 Å². The summed E-state index contributed by atoms with van der Waals surface area (Å²) in [6.07, 6.45) is 9.45. The summed E-state index contributed by atoms with van der Waals surface area (Å²) in [6, 6.07) is 13.1. The van der Waals surface area contributed by atoms with E-state index in [9.17, 15) is 0 Å². The molecule has 1 aliphatic carbocycles. The summed E-state index contributed by atoms with van der Waals surface area (Å²) in [6.45, 7) is 0. The molecule has 0 saturated heterocycles. The molecule has 2 aromatic rings. The Bertz CT molecular complexity index is 600. The standard InChI is InChI=1S/C19H24BrN/c20-18-12-11-17(15-9-5-6-10-16(15)18)19(21)13-14-7-3-1-2-4-8-14/h5-6,9-12,14,19H,1-4,7-8,13,21H2. The molecule has 0 aromatic heterocycles. The quantitative estimate of drug-likeness (QED) is 0.682. The van der Waals surface area contributed by atoms with Crippen molar-refractivity contribution in [3.63, 3.8) is 0 Å². The molecule has 2 heteroatoms. The Balaban J connectivity index is 1.84. The van der Waals surface area contributed by atoms with Crippen LogP contribution in [0.4, 0.5) is 0 Å². The first-order valence-corrected chi connectivity index (χ1v) is 8.98. The highest BCUT2D eigenvalue weighted by atomic mass is 79.9. The summed E-state index contributed by atoms with van der Waals surface area (Å²) in [5.74, 6) is 0.810. The van der Waals surface area contributed by atoms with Gasteiger partial charge in [0.2, 0.25) is 0 Å². The largest absolute Gasteiger partial charge is 0.324 e. The Morgan fingerprint density at radius 3 is 2.33 bits per heavy atom. The van der Waals surface area contributed by atoms with Gasteiger partial charge in [-0.25, -0.2) is 0 Å². The zero-order valence-corrected chi connectivity index (χ0v) is 14.1. The van der Waals surface area contributed by atoms with Crippen molar-refractivity contribution in [3.8, 4) is 0 Å². The molecule has 2 aromatic carbocycles. The average Bonchev–Trinajstić information content (AvgIpc) is 2.76. The summed E-state index contributed by atoms with van der Waals surface area (Å²) in [5, 5.41) is 2.57. The predicted octanol–water partition coefficient (Wildman–Crippen LogP) is 5.96. The molecule has 2 N–H and O–H groups in total. The topological polar surface area (TPSA) is 26.0 Å². The van der Waals surface area contributed by atoms with Crippen LogP contribution in [0, 0.1) is 5.92 Å². The molecule has 1 nitrogen and oxygen atoms in total. The van der Waals surface area contributed by atoms with E-state index in [2.05, 4.69) is 52.3 Å². The lowest BCUT2D eigenvalue weighted by Gasteiger charge is -2.21. The van der Waals surface area contributed by atoms with Crippen LogP contribution in [0.3, 0.4) is 0 Å². The van der Waals surface area contributed by atoms with Gasteiger partial charge < -0.3 is 5.73 Å².